The molecule has 2 N–H and O–H groups in total. The molecule has 0 saturated carbocycles. The lowest BCUT2D eigenvalue weighted by atomic mass is 10.1. The first-order chi connectivity index (χ1) is 11.3. The lowest BCUT2D eigenvalue weighted by molar-refractivity contribution is -0.130. The summed E-state index contributed by atoms with van der Waals surface area (Å²) in [6.07, 6.45) is 1.20. The summed E-state index contributed by atoms with van der Waals surface area (Å²) in [5, 5.41) is 4.69. The van der Waals surface area contributed by atoms with Gasteiger partial charge in [0.25, 0.3) is 0 Å². The molecular weight excluding hydrogens is 300 g/mol. The van der Waals surface area contributed by atoms with Crippen LogP contribution in [0.4, 0.5) is 0 Å². The van der Waals surface area contributed by atoms with E-state index < -0.39 is 0 Å². The van der Waals surface area contributed by atoms with Gasteiger partial charge < -0.3 is 10.6 Å². The summed E-state index contributed by atoms with van der Waals surface area (Å²) in [4.78, 5) is 14.0. The summed E-state index contributed by atoms with van der Waals surface area (Å²) in [5.74, 6) is 0.120. The van der Waals surface area contributed by atoms with E-state index in [0.717, 1.165) is 22.6 Å². The summed E-state index contributed by atoms with van der Waals surface area (Å²) in [6.45, 7) is 8.63. The minimum Gasteiger partial charge on any atom is -0.341 e. The fourth-order valence-corrected chi connectivity index (χ4v) is 2.81. The van der Waals surface area contributed by atoms with Gasteiger partial charge in [0, 0.05) is 37.3 Å². The normalized spacial score (nSPS) is 12.2. The number of para-hydroxylation sites is 1. The standard InChI is InChI=1S/C19H28N4O/c1-13-8-6-7-9-18(13)23-16(4)17(15(3)21-23)12-22(5)19(24)11-10-14(2)20/h6-9,14H,10-12,20H2,1-5H3. The van der Waals surface area contributed by atoms with E-state index in [2.05, 4.69) is 31.1 Å². The number of hydrogen-bond donors (Lipinski definition) is 1. The van der Waals surface area contributed by atoms with Crippen LogP contribution in [0.2, 0.25) is 0 Å². The number of amides is 1. The van der Waals surface area contributed by atoms with Gasteiger partial charge in [0.2, 0.25) is 5.91 Å². The molecule has 0 bridgehead atoms. The second kappa shape index (κ2) is 7.62. The first-order valence-corrected chi connectivity index (χ1v) is 8.42. The Hall–Kier alpha value is -2.14. The van der Waals surface area contributed by atoms with Crippen molar-refractivity contribution in [1.82, 2.24) is 14.7 Å². The number of hydrogen-bond acceptors (Lipinski definition) is 3. The first kappa shape index (κ1) is 18.2. The Balaban J connectivity index is 2.20. The summed E-state index contributed by atoms with van der Waals surface area (Å²) in [6, 6.07) is 8.23. The molecule has 0 aliphatic heterocycles. The van der Waals surface area contributed by atoms with E-state index >= 15 is 0 Å². The molecule has 5 heteroatoms. The van der Waals surface area contributed by atoms with Crippen molar-refractivity contribution in [2.75, 3.05) is 7.05 Å². The first-order valence-electron chi connectivity index (χ1n) is 8.42. The maximum atomic E-state index is 12.2. The van der Waals surface area contributed by atoms with E-state index in [9.17, 15) is 4.79 Å². The molecular formula is C19H28N4O. The zero-order valence-electron chi connectivity index (χ0n) is 15.3. The molecule has 0 spiro atoms. The highest BCUT2D eigenvalue weighted by atomic mass is 16.2. The molecule has 1 aromatic heterocycles. The maximum absolute atomic E-state index is 12.2. The smallest absolute Gasteiger partial charge is 0.222 e. The number of nitrogens with two attached hydrogens (primary N) is 1. The SMILES string of the molecule is Cc1ccccc1-n1nc(C)c(CN(C)C(=O)CCC(C)N)c1C. The van der Waals surface area contributed by atoms with Crippen molar-refractivity contribution in [1.29, 1.82) is 0 Å². The Morgan fingerprint density at radius 2 is 1.96 bits per heavy atom. The van der Waals surface area contributed by atoms with Crippen molar-refractivity contribution in [3.8, 4) is 5.69 Å². The molecule has 24 heavy (non-hydrogen) atoms. The van der Waals surface area contributed by atoms with Gasteiger partial charge in [0.1, 0.15) is 0 Å². The highest BCUT2D eigenvalue weighted by Gasteiger charge is 2.18. The molecule has 1 aromatic carbocycles. The summed E-state index contributed by atoms with van der Waals surface area (Å²) >= 11 is 0. The van der Waals surface area contributed by atoms with Gasteiger partial charge in [-0.3, -0.25) is 4.79 Å². The number of benzene rings is 1. The average molecular weight is 328 g/mol. The van der Waals surface area contributed by atoms with Crippen molar-refractivity contribution in [2.24, 2.45) is 5.73 Å². The highest BCUT2D eigenvalue weighted by molar-refractivity contribution is 5.76. The topological polar surface area (TPSA) is 64.2 Å². The molecule has 1 amide bonds. The van der Waals surface area contributed by atoms with Crippen molar-refractivity contribution in [3.05, 3.63) is 46.8 Å². The number of aromatic nitrogens is 2. The van der Waals surface area contributed by atoms with E-state index in [1.54, 1.807) is 4.90 Å². The predicted molar refractivity (Wildman–Crippen MR) is 97.1 cm³/mol. The highest BCUT2D eigenvalue weighted by Crippen LogP contribution is 2.21. The fraction of sp³-hybridized carbons (Fsp3) is 0.474. The Morgan fingerprint density at radius 1 is 1.29 bits per heavy atom. The van der Waals surface area contributed by atoms with Crippen LogP contribution >= 0.6 is 0 Å². The van der Waals surface area contributed by atoms with Gasteiger partial charge in [0.15, 0.2) is 0 Å². The Labute approximate surface area is 144 Å². The number of rotatable bonds is 6. The second-order valence-electron chi connectivity index (χ2n) is 6.61. The monoisotopic (exact) mass is 328 g/mol. The summed E-state index contributed by atoms with van der Waals surface area (Å²) in [7, 11) is 1.84. The van der Waals surface area contributed by atoms with E-state index in [4.69, 9.17) is 5.73 Å². The lowest BCUT2D eigenvalue weighted by Gasteiger charge is -2.18. The second-order valence-corrected chi connectivity index (χ2v) is 6.61. The van der Waals surface area contributed by atoms with E-state index in [1.807, 2.05) is 37.7 Å². The Morgan fingerprint density at radius 3 is 2.58 bits per heavy atom. The van der Waals surface area contributed by atoms with Gasteiger partial charge in [-0.25, -0.2) is 4.68 Å². The van der Waals surface area contributed by atoms with Gasteiger partial charge in [-0.15, -0.1) is 0 Å². The van der Waals surface area contributed by atoms with E-state index in [1.165, 1.54) is 5.56 Å². The minimum absolute atomic E-state index is 0.0506. The van der Waals surface area contributed by atoms with Gasteiger partial charge in [-0.05, 0) is 45.7 Å². The minimum atomic E-state index is 0.0506. The third-order valence-corrected chi connectivity index (χ3v) is 4.42. The summed E-state index contributed by atoms with van der Waals surface area (Å²) < 4.78 is 1.97. The van der Waals surface area contributed by atoms with Gasteiger partial charge >= 0.3 is 0 Å². The van der Waals surface area contributed by atoms with Crippen molar-refractivity contribution < 1.29 is 4.79 Å². The van der Waals surface area contributed by atoms with Crippen LogP contribution in [-0.2, 0) is 11.3 Å². The van der Waals surface area contributed by atoms with E-state index in [0.29, 0.717) is 19.4 Å². The van der Waals surface area contributed by atoms with Crippen LogP contribution in [-0.4, -0.2) is 33.7 Å². The maximum Gasteiger partial charge on any atom is 0.222 e. The van der Waals surface area contributed by atoms with Gasteiger partial charge in [-0.1, -0.05) is 18.2 Å². The van der Waals surface area contributed by atoms with Crippen LogP contribution in [0.5, 0.6) is 0 Å². The summed E-state index contributed by atoms with van der Waals surface area (Å²) in [5.41, 5.74) is 11.1. The van der Waals surface area contributed by atoms with Crippen LogP contribution < -0.4 is 5.73 Å². The molecule has 0 radical (unpaired) electrons. The van der Waals surface area contributed by atoms with Crippen molar-refractivity contribution in [2.45, 2.75) is 53.1 Å². The van der Waals surface area contributed by atoms with Gasteiger partial charge in [0.05, 0.1) is 11.4 Å². The van der Waals surface area contributed by atoms with Crippen LogP contribution in [0.1, 0.15) is 42.3 Å². The number of aryl methyl sites for hydroxylation is 2. The largest absolute Gasteiger partial charge is 0.341 e. The molecule has 1 unspecified atom stereocenters. The number of carbonyl (C=O) groups is 1. The van der Waals surface area contributed by atoms with Gasteiger partial charge in [-0.2, -0.15) is 5.10 Å². The zero-order chi connectivity index (χ0) is 17.9. The van der Waals surface area contributed by atoms with Crippen molar-refractivity contribution >= 4 is 5.91 Å². The fourth-order valence-electron chi connectivity index (χ4n) is 2.81. The lowest BCUT2D eigenvalue weighted by Crippen LogP contribution is -2.28. The Bertz CT molecular complexity index is 718. The van der Waals surface area contributed by atoms with Crippen molar-refractivity contribution in [3.63, 3.8) is 0 Å². The molecule has 0 aliphatic rings. The molecule has 0 fully saturated rings. The third-order valence-electron chi connectivity index (χ3n) is 4.42. The average Bonchev–Trinajstić information content (AvgIpc) is 2.81. The molecule has 5 nitrogen and oxygen atoms in total. The molecule has 130 valence electrons. The quantitative estimate of drug-likeness (QED) is 0.887. The molecule has 0 aliphatic carbocycles. The Kier molecular flexibility index (Phi) is 5.78. The number of carbonyl (C=O) groups excluding carboxylic acids is 1. The zero-order valence-corrected chi connectivity index (χ0v) is 15.3. The molecule has 0 saturated heterocycles. The van der Waals surface area contributed by atoms with Crippen LogP contribution in [0.25, 0.3) is 5.69 Å². The van der Waals surface area contributed by atoms with E-state index in [-0.39, 0.29) is 11.9 Å². The molecule has 2 aromatic rings. The predicted octanol–water partition coefficient (Wildman–Crippen LogP) is 2.88. The molecule has 1 atom stereocenters. The van der Waals surface area contributed by atoms with Crippen LogP contribution in [0.3, 0.4) is 0 Å². The molecule has 1 heterocycles. The third kappa shape index (κ3) is 4.03. The van der Waals surface area contributed by atoms with Crippen LogP contribution in [0.15, 0.2) is 24.3 Å². The number of nitrogens with zero attached hydrogens (tertiary/aromatic N) is 3. The van der Waals surface area contributed by atoms with Crippen LogP contribution in [0, 0.1) is 20.8 Å². The molecule has 2 rings (SSSR count).